The molecule has 6 heteroatoms. The highest BCUT2D eigenvalue weighted by Crippen LogP contribution is 2.44. The summed E-state index contributed by atoms with van der Waals surface area (Å²) < 4.78 is 9.48. The summed E-state index contributed by atoms with van der Waals surface area (Å²) in [6.45, 7) is 0. The molecule has 18 aromatic rings. The zero-order chi connectivity index (χ0) is 56.4. The van der Waals surface area contributed by atoms with Gasteiger partial charge in [-0.15, -0.1) is 0 Å². The Morgan fingerprint density at radius 3 is 1.23 bits per heavy atom. The Morgan fingerprint density at radius 1 is 0.209 bits per heavy atom. The summed E-state index contributed by atoms with van der Waals surface area (Å²) in [6.07, 6.45) is 3.93. The molecule has 6 aromatic heterocycles. The fourth-order valence-corrected chi connectivity index (χ4v) is 14.0. The average molecular weight is 1100 g/mol. The van der Waals surface area contributed by atoms with Gasteiger partial charge in [0, 0.05) is 78.2 Å². The molecule has 0 spiro atoms. The topological polar surface area (TPSA) is 45.5 Å². The largest absolute Gasteiger partial charge is 0.309 e. The van der Waals surface area contributed by atoms with Gasteiger partial charge < -0.3 is 9.13 Å². The average Bonchev–Trinajstić information content (AvgIpc) is 1.85. The van der Waals surface area contributed by atoms with Gasteiger partial charge in [-0.3, -0.25) is 9.13 Å². The van der Waals surface area contributed by atoms with E-state index in [0.29, 0.717) is 0 Å². The number of hydrogen-bond donors (Lipinski definition) is 0. The Morgan fingerprint density at radius 2 is 0.616 bits per heavy atom. The van der Waals surface area contributed by atoms with E-state index < -0.39 is 0 Å². The predicted molar refractivity (Wildman–Crippen MR) is 359 cm³/mol. The molecule has 0 atom stereocenters. The van der Waals surface area contributed by atoms with Gasteiger partial charge in [0.15, 0.2) is 0 Å². The highest BCUT2D eigenvalue weighted by Gasteiger charge is 2.23. The van der Waals surface area contributed by atoms with Crippen molar-refractivity contribution in [2.75, 3.05) is 0 Å². The van der Waals surface area contributed by atoms with Crippen molar-refractivity contribution >= 4 is 98.3 Å². The first-order valence-corrected chi connectivity index (χ1v) is 29.4. The van der Waals surface area contributed by atoms with Crippen molar-refractivity contribution in [1.29, 1.82) is 0 Å². The molecule has 0 unspecified atom stereocenters. The molecule has 0 radical (unpaired) electrons. The van der Waals surface area contributed by atoms with Crippen LogP contribution in [0, 0.1) is 0 Å². The lowest BCUT2D eigenvalue weighted by Crippen LogP contribution is -1.96. The highest BCUT2D eigenvalue weighted by atomic mass is 15.1. The van der Waals surface area contributed by atoms with Crippen LogP contribution in [0.1, 0.15) is 0 Å². The molecule has 12 aromatic carbocycles. The lowest BCUT2D eigenvalue weighted by Gasteiger charge is -2.12. The number of fused-ring (bicyclic) bond motifs is 13. The quantitative estimate of drug-likeness (QED) is 0.152. The molecular formula is C80H50N6. The van der Waals surface area contributed by atoms with Crippen LogP contribution in [0.25, 0.3) is 166 Å². The maximum Gasteiger partial charge on any atom is 0.146 e. The van der Waals surface area contributed by atoms with Crippen LogP contribution in [-0.4, -0.2) is 28.2 Å². The highest BCUT2D eigenvalue weighted by molar-refractivity contribution is 6.18. The first-order chi connectivity index (χ1) is 42.7. The van der Waals surface area contributed by atoms with E-state index in [-0.39, 0.29) is 0 Å². The fraction of sp³-hybridized carbons (Fsp3) is 0. The Hall–Kier alpha value is -11.6. The van der Waals surface area contributed by atoms with Crippen molar-refractivity contribution < 1.29 is 0 Å². The van der Waals surface area contributed by atoms with E-state index in [0.717, 1.165) is 106 Å². The van der Waals surface area contributed by atoms with E-state index in [9.17, 15) is 0 Å². The molecule has 0 amide bonds. The molecule has 0 aliphatic carbocycles. The molecule has 400 valence electrons. The van der Waals surface area contributed by atoms with Gasteiger partial charge >= 0.3 is 0 Å². The summed E-state index contributed by atoms with van der Waals surface area (Å²) >= 11 is 0. The number of para-hydroxylation sites is 4. The van der Waals surface area contributed by atoms with E-state index >= 15 is 0 Å². The number of rotatable bonds is 8. The molecule has 6 heterocycles. The zero-order valence-electron chi connectivity index (χ0n) is 46.6. The molecular weight excluding hydrogens is 1040 g/mol. The van der Waals surface area contributed by atoms with E-state index in [1.165, 1.54) is 59.9 Å². The van der Waals surface area contributed by atoms with Crippen LogP contribution < -0.4 is 0 Å². The molecule has 0 saturated heterocycles. The number of hydrogen-bond acceptors (Lipinski definition) is 2. The third kappa shape index (κ3) is 7.33. The van der Waals surface area contributed by atoms with Crippen LogP contribution in [-0.2, 0) is 0 Å². The second kappa shape index (κ2) is 19.0. The molecule has 18 rings (SSSR count). The minimum absolute atomic E-state index is 0.923. The van der Waals surface area contributed by atoms with Crippen LogP contribution >= 0.6 is 0 Å². The lowest BCUT2D eigenvalue weighted by atomic mass is 9.99. The summed E-state index contributed by atoms with van der Waals surface area (Å²) in [5, 5.41) is 11.9. The van der Waals surface area contributed by atoms with Crippen molar-refractivity contribution in [2.45, 2.75) is 0 Å². The zero-order valence-corrected chi connectivity index (χ0v) is 46.6. The fourth-order valence-electron chi connectivity index (χ4n) is 14.0. The standard InChI is InChI=1S/C80H50N6/c1-3-15-51(16-4-1)53-27-35-60(36-28-53)83-74-42-34-56(48-70(74)67-41-33-58(50-76(67)83)64-43-45-81-79-77(64)68-22-10-13-25-72(68)85(79)59-19-5-2-6-20-59)54-29-37-61(38-30-54)86-73-26-14-11-23-69(73)78-63(44-46-82-80(78)86)57-32-40-66-65-21-9-12-24-71(65)84(75(66)49-57)62-39-31-52-17-7-8-18-55(52)47-62/h1-50H. The van der Waals surface area contributed by atoms with Crippen molar-refractivity contribution in [3.05, 3.63) is 304 Å². The van der Waals surface area contributed by atoms with Crippen LogP contribution in [0.5, 0.6) is 0 Å². The molecule has 0 fully saturated rings. The molecule has 0 aliphatic rings. The minimum Gasteiger partial charge on any atom is -0.309 e. The number of benzene rings is 12. The molecule has 0 aliphatic heterocycles. The molecule has 0 saturated carbocycles. The summed E-state index contributed by atoms with van der Waals surface area (Å²) in [4.78, 5) is 10.2. The SMILES string of the molecule is c1ccc(-c2ccc(-n3c4ccc(-c5ccc(-n6c7ccccc7c7c(-c8ccc9c%10ccccc%10n(-c%10ccc%11ccccc%11c%10)c9c8)ccnc76)cc5)cc4c4ccc(-c5ccnc6c5c5ccccc5n6-c5ccccc5)cc43)cc2)cc1. The molecule has 6 nitrogen and oxygen atoms in total. The van der Waals surface area contributed by atoms with Gasteiger partial charge in [-0.05, 0) is 158 Å². The van der Waals surface area contributed by atoms with Crippen molar-refractivity contribution in [3.8, 4) is 67.3 Å². The summed E-state index contributed by atoms with van der Waals surface area (Å²) in [6, 6.07) is 106. The second-order valence-electron chi connectivity index (χ2n) is 22.5. The smallest absolute Gasteiger partial charge is 0.146 e. The third-order valence-corrected chi connectivity index (χ3v) is 17.9. The molecule has 0 N–H and O–H groups in total. The summed E-state index contributed by atoms with van der Waals surface area (Å²) in [5.41, 5.74) is 22.4. The Bertz CT molecular complexity index is 5750. The van der Waals surface area contributed by atoms with E-state index in [1.807, 2.05) is 12.4 Å². The van der Waals surface area contributed by atoms with Crippen LogP contribution in [0.2, 0.25) is 0 Å². The third-order valence-electron chi connectivity index (χ3n) is 17.9. The van der Waals surface area contributed by atoms with Gasteiger partial charge in [-0.1, -0.05) is 188 Å². The van der Waals surface area contributed by atoms with Crippen molar-refractivity contribution in [1.82, 2.24) is 28.2 Å². The van der Waals surface area contributed by atoms with Crippen molar-refractivity contribution in [3.63, 3.8) is 0 Å². The maximum atomic E-state index is 5.18. The van der Waals surface area contributed by atoms with Crippen LogP contribution in [0.15, 0.2) is 304 Å². The molecule has 86 heavy (non-hydrogen) atoms. The number of nitrogens with zero attached hydrogens (tertiary/aromatic N) is 6. The first-order valence-electron chi connectivity index (χ1n) is 29.4. The van der Waals surface area contributed by atoms with Gasteiger partial charge in [0.25, 0.3) is 0 Å². The lowest BCUT2D eigenvalue weighted by molar-refractivity contribution is 1.14. The van der Waals surface area contributed by atoms with Crippen LogP contribution in [0.3, 0.4) is 0 Å². The Kier molecular flexibility index (Phi) is 10.6. The van der Waals surface area contributed by atoms with E-state index in [4.69, 9.17) is 9.97 Å². The van der Waals surface area contributed by atoms with Gasteiger partial charge in [0.1, 0.15) is 11.3 Å². The first kappa shape index (κ1) is 48.0. The summed E-state index contributed by atoms with van der Waals surface area (Å²) in [7, 11) is 0. The normalized spacial score (nSPS) is 12.0. The van der Waals surface area contributed by atoms with Gasteiger partial charge in [-0.25, -0.2) is 9.97 Å². The second-order valence-corrected chi connectivity index (χ2v) is 22.5. The van der Waals surface area contributed by atoms with Crippen molar-refractivity contribution in [2.24, 2.45) is 0 Å². The Balaban J connectivity index is 0.758. The van der Waals surface area contributed by atoms with E-state index in [2.05, 4.69) is 309 Å². The van der Waals surface area contributed by atoms with Gasteiger partial charge in [0.05, 0.1) is 33.1 Å². The summed E-state index contributed by atoms with van der Waals surface area (Å²) in [5.74, 6) is 0. The van der Waals surface area contributed by atoms with Gasteiger partial charge in [-0.2, -0.15) is 0 Å². The predicted octanol–water partition coefficient (Wildman–Crippen LogP) is 20.7. The van der Waals surface area contributed by atoms with Crippen LogP contribution in [0.4, 0.5) is 0 Å². The minimum atomic E-state index is 0.923. The monoisotopic (exact) mass is 1090 g/mol. The van der Waals surface area contributed by atoms with E-state index in [1.54, 1.807) is 0 Å². The maximum absolute atomic E-state index is 5.18. The number of aromatic nitrogens is 6. The van der Waals surface area contributed by atoms with Gasteiger partial charge in [0.2, 0.25) is 0 Å². The number of pyridine rings is 2. The Labute approximate surface area is 494 Å². The molecule has 0 bridgehead atoms.